The summed E-state index contributed by atoms with van der Waals surface area (Å²) in [7, 11) is -3.24. The summed E-state index contributed by atoms with van der Waals surface area (Å²) >= 11 is 0. The fourth-order valence-corrected chi connectivity index (χ4v) is 2.77. The van der Waals surface area contributed by atoms with Crippen molar-refractivity contribution in [2.75, 3.05) is 11.6 Å². The van der Waals surface area contributed by atoms with Gasteiger partial charge in [-0.15, -0.1) is 0 Å². The number of aromatic hydroxyl groups is 1. The summed E-state index contributed by atoms with van der Waals surface area (Å²) in [6.07, 6.45) is 2.58. The maximum absolute atomic E-state index is 11.2. The Morgan fingerprint density at radius 2 is 1.81 bits per heavy atom. The fourth-order valence-electron chi connectivity index (χ4n) is 2.34. The van der Waals surface area contributed by atoms with Crippen LogP contribution in [0.5, 0.6) is 5.75 Å². The molecular formula is C18H18N4O3S. The highest BCUT2D eigenvalue weighted by atomic mass is 32.2. The summed E-state index contributed by atoms with van der Waals surface area (Å²) in [4.78, 5) is 8.46. The quantitative estimate of drug-likeness (QED) is 0.616. The molecule has 26 heavy (non-hydrogen) atoms. The predicted octanol–water partition coefficient (Wildman–Crippen LogP) is 2.64. The van der Waals surface area contributed by atoms with Crippen molar-refractivity contribution < 1.29 is 13.5 Å². The predicted molar refractivity (Wildman–Crippen MR) is 101 cm³/mol. The van der Waals surface area contributed by atoms with Crippen LogP contribution in [0.25, 0.3) is 11.3 Å². The van der Waals surface area contributed by atoms with Crippen molar-refractivity contribution >= 4 is 21.5 Å². The van der Waals surface area contributed by atoms with Crippen LogP contribution in [0.1, 0.15) is 5.56 Å². The van der Waals surface area contributed by atoms with Crippen molar-refractivity contribution in [3.05, 3.63) is 66.5 Å². The van der Waals surface area contributed by atoms with E-state index in [1.165, 1.54) is 6.33 Å². The Balaban J connectivity index is 1.77. The van der Waals surface area contributed by atoms with E-state index in [-0.39, 0.29) is 12.3 Å². The lowest BCUT2D eigenvalue weighted by molar-refractivity contribution is 0.475. The monoisotopic (exact) mass is 370 g/mol. The van der Waals surface area contributed by atoms with Crippen molar-refractivity contribution in [1.82, 2.24) is 14.7 Å². The number of anilines is 2. The summed E-state index contributed by atoms with van der Waals surface area (Å²) in [6.45, 7) is 0.219. The van der Waals surface area contributed by atoms with Crippen LogP contribution in [0.2, 0.25) is 0 Å². The summed E-state index contributed by atoms with van der Waals surface area (Å²) in [5, 5.41) is 12.6. The van der Waals surface area contributed by atoms with E-state index in [9.17, 15) is 13.5 Å². The third-order valence-electron chi connectivity index (χ3n) is 3.57. The number of nitrogens with one attached hydrogen (secondary N) is 2. The smallest absolute Gasteiger partial charge is 0.209 e. The van der Waals surface area contributed by atoms with Gasteiger partial charge in [-0.3, -0.25) is 0 Å². The van der Waals surface area contributed by atoms with Crippen molar-refractivity contribution in [3.8, 4) is 17.0 Å². The second-order valence-electron chi connectivity index (χ2n) is 5.75. The van der Waals surface area contributed by atoms with Gasteiger partial charge in [0.25, 0.3) is 0 Å². The molecule has 0 spiro atoms. The minimum absolute atomic E-state index is 0.195. The molecule has 2 aromatic carbocycles. The molecule has 8 heteroatoms. The number of aromatic nitrogens is 2. The number of rotatable bonds is 6. The Morgan fingerprint density at radius 3 is 2.54 bits per heavy atom. The van der Waals surface area contributed by atoms with Gasteiger partial charge < -0.3 is 10.4 Å². The normalized spacial score (nSPS) is 11.3. The molecule has 0 atom stereocenters. The third-order valence-corrected chi connectivity index (χ3v) is 4.24. The Morgan fingerprint density at radius 1 is 1.04 bits per heavy atom. The molecule has 0 bridgehead atoms. The van der Waals surface area contributed by atoms with Crippen LogP contribution in [-0.2, 0) is 16.6 Å². The highest BCUT2D eigenvalue weighted by Crippen LogP contribution is 2.23. The lowest BCUT2D eigenvalue weighted by Crippen LogP contribution is -2.21. The molecule has 1 aromatic heterocycles. The second-order valence-corrected chi connectivity index (χ2v) is 7.59. The van der Waals surface area contributed by atoms with Crippen LogP contribution in [0.3, 0.4) is 0 Å². The molecule has 3 rings (SSSR count). The van der Waals surface area contributed by atoms with E-state index >= 15 is 0 Å². The average Bonchev–Trinajstić information content (AvgIpc) is 2.61. The SMILES string of the molecule is CS(=O)(=O)NCc1cccc(Nc2cc(-c3ccc(O)cc3)ncn2)c1. The van der Waals surface area contributed by atoms with Crippen molar-refractivity contribution in [3.63, 3.8) is 0 Å². The Bertz CT molecular complexity index is 1000. The molecule has 0 saturated heterocycles. The summed E-state index contributed by atoms with van der Waals surface area (Å²) in [6, 6.07) is 15.9. The molecule has 3 N–H and O–H groups in total. The van der Waals surface area contributed by atoms with Crippen LogP contribution in [0.4, 0.5) is 11.5 Å². The van der Waals surface area contributed by atoms with E-state index in [0.717, 1.165) is 28.8 Å². The first-order chi connectivity index (χ1) is 12.4. The van der Waals surface area contributed by atoms with E-state index in [1.807, 2.05) is 24.3 Å². The van der Waals surface area contributed by atoms with Gasteiger partial charge >= 0.3 is 0 Å². The molecule has 0 aliphatic heterocycles. The molecule has 0 amide bonds. The number of sulfonamides is 1. The maximum Gasteiger partial charge on any atom is 0.209 e. The first-order valence-corrected chi connectivity index (χ1v) is 9.70. The Kier molecular flexibility index (Phi) is 5.15. The number of hydrogen-bond donors (Lipinski definition) is 3. The van der Waals surface area contributed by atoms with Gasteiger partial charge in [0.05, 0.1) is 11.9 Å². The molecule has 0 aliphatic carbocycles. The van der Waals surface area contributed by atoms with Gasteiger partial charge in [-0.05, 0) is 42.0 Å². The van der Waals surface area contributed by atoms with Crippen LogP contribution >= 0.6 is 0 Å². The molecule has 1 heterocycles. The Labute approximate surface area is 151 Å². The average molecular weight is 370 g/mol. The summed E-state index contributed by atoms with van der Waals surface area (Å²) in [5.41, 5.74) is 3.19. The second kappa shape index (κ2) is 7.51. The zero-order chi connectivity index (χ0) is 18.6. The molecule has 134 valence electrons. The highest BCUT2D eigenvalue weighted by molar-refractivity contribution is 7.88. The summed E-state index contributed by atoms with van der Waals surface area (Å²) in [5.74, 6) is 0.803. The molecule has 7 nitrogen and oxygen atoms in total. The molecule has 0 saturated carbocycles. The number of benzene rings is 2. The number of nitrogens with zero attached hydrogens (tertiary/aromatic N) is 2. The fraction of sp³-hybridized carbons (Fsp3) is 0.111. The van der Waals surface area contributed by atoms with Crippen LogP contribution in [0, 0.1) is 0 Å². The molecule has 3 aromatic rings. The third kappa shape index (κ3) is 5.01. The van der Waals surface area contributed by atoms with E-state index in [2.05, 4.69) is 20.0 Å². The lowest BCUT2D eigenvalue weighted by atomic mass is 10.1. The first kappa shape index (κ1) is 17.8. The highest BCUT2D eigenvalue weighted by Gasteiger charge is 2.05. The van der Waals surface area contributed by atoms with Crippen LogP contribution in [0.15, 0.2) is 60.9 Å². The zero-order valence-corrected chi connectivity index (χ0v) is 14.9. The van der Waals surface area contributed by atoms with Gasteiger partial charge in [0.15, 0.2) is 0 Å². The van der Waals surface area contributed by atoms with Gasteiger partial charge in [-0.2, -0.15) is 0 Å². The van der Waals surface area contributed by atoms with Gasteiger partial charge in [-0.1, -0.05) is 12.1 Å². The Hall–Kier alpha value is -2.97. The zero-order valence-electron chi connectivity index (χ0n) is 14.0. The number of phenolic OH excluding ortho intramolecular Hbond substituents is 1. The van der Waals surface area contributed by atoms with Gasteiger partial charge in [0, 0.05) is 23.9 Å². The number of hydrogen-bond acceptors (Lipinski definition) is 6. The van der Waals surface area contributed by atoms with Crippen molar-refractivity contribution in [2.24, 2.45) is 0 Å². The minimum Gasteiger partial charge on any atom is -0.508 e. The van der Waals surface area contributed by atoms with Crippen molar-refractivity contribution in [1.29, 1.82) is 0 Å². The molecule has 0 fully saturated rings. The largest absolute Gasteiger partial charge is 0.508 e. The van der Waals surface area contributed by atoms with Crippen LogP contribution in [-0.4, -0.2) is 29.7 Å². The molecule has 0 radical (unpaired) electrons. The molecule has 0 unspecified atom stereocenters. The first-order valence-electron chi connectivity index (χ1n) is 7.81. The van der Waals surface area contributed by atoms with Crippen molar-refractivity contribution in [2.45, 2.75) is 6.54 Å². The maximum atomic E-state index is 11.2. The van der Waals surface area contributed by atoms with Crippen LogP contribution < -0.4 is 10.0 Å². The summed E-state index contributed by atoms with van der Waals surface area (Å²) < 4.78 is 24.9. The minimum atomic E-state index is -3.24. The standard InChI is InChI=1S/C18H18N4O3S/c1-26(24,25)21-11-13-3-2-4-15(9-13)22-18-10-17(19-12-20-18)14-5-7-16(23)8-6-14/h2-10,12,21,23H,11H2,1H3,(H,19,20,22). The van der Waals surface area contributed by atoms with E-state index in [4.69, 9.17) is 0 Å². The number of phenols is 1. The molecular weight excluding hydrogens is 352 g/mol. The van der Waals surface area contributed by atoms with E-state index in [0.29, 0.717) is 5.82 Å². The van der Waals surface area contributed by atoms with E-state index in [1.54, 1.807) is 30.3 Å². The van der Waals surface area contributed by atoms with Gasteiger partial charge in [-0.25, -0.2) is 23.1 Å². The topological polar surface area (TPSA) is 104 Å². The van der Waals surface area contributed by atoms with Gasteiger partial charge in [0.1, 0.15) is 17.9 Å². The lowest BCUT2D eigenvalue weighted by Gasteiger charge is -2.09. The molecule has 0 aliphatic rings. The van der Waals surface area contributed by atoms with Gasteiger partial charge in [0.2, 0.25) is 10.0 Å². The van der Waals surface area contributed by atoms with E-state index < -0.39 is 10.0 Å².